The Morgan fingerprint density at radius 1 is 1.17 bits per heavy atom. The fourth-order valence-electron chi connectivity index (χ4n) is 3.00. The van der Waals surface area contributed by atoms with E-state index < -0.39 is 29.2 Å². The van der Waals surface area contributed by atoms with Gasteiger partial charge >= 0.3 is 6.18 Å². The summed E-state index contributed by atoms with van der Waals surface area (Å²) in [6.07, 6.45) is -3.31. The van der Waals surface area contributed by atoms with Gasteiger partial charge < -0.3 is 16.0 Å². The van der Waals surface area contributed by atoms with Crippen LogP contribution in [0.2, 0.25) is 0 Å². The predicted molar refractivity (Wildman–Crippen MR) is 106 cm³/mol. The Morgan fingerprint density at radius 3 is 2.47 bits per heavy atom. The van der Waals surface area contributed by atoms with Crippen LogP contribution < -0.4 is 16.6 Å². The molecule has 1 amide bonds. The second kappa shape index (κ2) is 8.50. The second-order valence-electron chi connectivity index (χ2n) is 6.69. The highest BCUT2D eigenvalue weighted by Crippen LogP contribution is 2.34. The number of aromatic nitrogens is 2. The van der Waals surface area contributed by atoms with Crippen LogP contribution in [0.1, 0.15) is 40.1 Å². The summed E-state index contributed by atoms with van der Waals surface area (Å²) in [6, 6.07) is 10.9. The molecule has 0 unspecified atom stereocenters. The lowest BCUT2D eigenvalue weighted by Crippen LogP contribution is -2.28. The van der Waals surface area contributed by atoms with E-state index in [0.717, 1.165) is 30.1 Å². The van der Waals surface area contributed by atoms with Crippen molar-refractivity contribution >= 4 is 5.91 Å². The molecule has 0 radical (unpaired) electrons. The van der Waals surface area contributed by atoms with E-state index in [-0.39, 0.29) is 12.2 Å². The third kappa shape index (κ3) is 4.74. The first-order valence-electron chi connectivity index (χ1n) is 9.05. The van der Waals surface area contributed by atoms with Gasteiger partial charge in [-0.05, 0) is 41.3 Å². The van der Waals surface area contributed by atoms with Crippen LogP contribution >= 0.6 is 0 Å². The number of carbonyl (C=O) groups excluding carboxylic acids is 1. The summed E-state index contributed by atoms with van der Waals surface area (Å²) >= 11 is 0. The molecule has 9 heteroatoms. The SMILES string of the molecule is C[C@@H](NC(=O)c1cc(=O)[nH]cn1)c1ccc(-c2cc(C(F)(F)F)ccc2CN)cc1. The average Bonchev–Trinajstić information content (AvgIpc) is 2.72. The van der Waals surface area contributed by atoms with Crippen LogP contribution in [0.15, 0.2) is 59.7 Å². The molecule has 3 rings (SSSR count). The minimum Gasteiger partial charge on any atom is -0.344 e. The molecule has 0 aliphatic rings. The Balaban J connectivity index is 1.82. The third-order valence-corrected chi connectivity index (χ3v) is 4.64. The van der Waals surface area contributed by atoms with Crippen LogP contribution in [0.3, 0.4) is 0 Å². The Hall–Kier alpha value is -3.46. The molecule has 0 bridgehead atoms. The molecule has 30 heavy (non-hydrogen) atoms. The van der Waals surface area contributed by atoms with E-state index in [9.17, 15) is 22.8 Å². The summed E-state index contributed by atoms with van der Waals surface area (Å²) in [7, 11) is 0. The molecule has 0 fully saturated rings. The fraction of sp³-hybridized carbons (Fsp3) is 0.190. The topological polar surface area (TPSA) is 101 Å². The normalized spacial score (nSPS) is 12.4. The van der Waals surface area contributed by atoms with Crippen molar-refractivity contribution in [2.45, 2.75) is 25.7 Å². The molecule has 156 valence electrons. The summed E-state index contributed by atoms with van der Waals surface area (Å²) in [5, 5.41) is 2.73. The quantitative estimate of drug-likeness (QED) is 0.593. The molecule has 1 heterocycles. The van der Waals surface area contributed by atoms with E-state index in [1.165, 1.54) is 6.07 Å². The van der Waals surface area contributed by atoms with Crippen LogP contribution in [0, 0.1) is 0 Å². The van der Waals surface area contributed by atoms with Crippen LogP contribution in [0.4, 0.5) is 13.2 Å². The zero-order valence-corrected chi connectivity index (χ0v) is 16.0. The van der Waals surface area contributed by atoms with Gasteiger partial charge in [-0.3, -0.25) is 9.59 Å². The maximum Gasteiger partial charge on any atom is 0.416 e. The van der Waals surface area contributed by atoms with Gasteiger partial charge in [0, 0.05) is 12.6 Å². The Labute approximate surface area is 170 Å². The number of aromatic amines is 1. The average molecular weight is 416 g/mol. The minimum absolute atomic E-state index is 0.0150. The number of hydrogen-bond donors (Lipinski definition) is 3. The molecule has 6 nitrogen and oxygen atoms in total. The summed E-state index contributed by atoms with van der Waals surface area (Å²) in [5.41, 5.74) is 6.80. The number of H-pyrrole nitrogens is 1. The van der Waals surface area contributed by atoms with Crippen LogP contribution in [0.5, 0.6) is 0 Å². The van der Waals surface area contributed by atoms with E-state index in [0.29, 0.717) is 16.7 Å². The van der Waals surface area contributed by atoms with Gasteiger partial charge in [-0.2, -0.15) is 13.2 Å². The molecule has 0 aliphatic carbocycles. The third-order valence-electron chi connectivity index (χ3n) is 4.64. The number of alkyl halides is 3. The maximum absolute atomic E-state index is 13.1. The Kier molecular flexibility index (Phi) is 6.02. The number of hydrogen-bond acceptors (Lipinski definition) is 4. The second-order valence-corrected chi connectivity index (χ2v) is 6.69. The zero-order valence-electron chi connectivity index (χ0n) is 16.0. The number of nitrogens with zero attached hydrogens (tertiary/aromatic N) is 1. The molecule has 3 aromatic rings. The van der Waals surface area contributed by atoms with Crippen LogP contribution in [-0.4, -0.2) is 15.9 Å². The minimum atomic E-state index is -4.45. The van der Waals surface area contributed by atoms with E-state index >= 15 is 0 Å². The zero-order chi connectivity index (χ0) is 21.9. The molecular formula is C21H19F3N4O2. The maximum atomic E-state index is 13.1. The highest BCUT2D eigenvalue weighted by atomic mass is 19.4. The molecule has 0 aliphatic heterocycles. The van der Waals surface area contributed by atoms with Crippen molar-refractivity contribution in [1.29, 1.82) is 0 Å². The van der Waals surface area contributed by atoms with Gasteiger partial charge in [0.15, 0.2) is 0 Å². The Morgan fingerprint density at radius 2 is 1.87 bits per heavy atom. The molecule has 0 spiro atoms. The van der Waals surface area contributed by atoms with Gasteiger partial charge in [0.05, 0.1) is 17.9 Å². The largest absolute Gasteiger partial charge is 0.416 e. The van der Waals surface area contributed by atoms with Crippen LogP contribution in [-0.2, 0) is 12.7 Å². The Bertz CT molecular complexity index is 1110. The van der Waals surface area contributed by atoms with E-state index in [1.54, 1.807) is 31.2 Å². The van der Waals surface area contributed by atoms with E-state index in [1.807, 2.05) is 0 Å². The van der Waals surface area contributed by atoms with Crippen molar-refractivity contribution in [3.63, 3.8) is 0 Å². The van der Waals surface area contributed by atoms with Crippen molar-refractivity contribution in [1.82, 2.24) is 15.3 Å². The number of nitrogens with two attached hydrogens (primary N) is 1. The van der Waals surface area contributed by atoms with Gasteiger partial charge in [0.1, 0.15) is 5.69 Å². The van der Waals surface area contributed by atoms with Gasteiger partial charge in [0.2, 0.25) is 0 Å². The van der Waals surface area contributed by atoms with E-state index in [2.05, 4.69) is 15.3 Å². The van der Waals surface area contributed by atoms with E-state index in [4.69, 9.17) is 5.73 Å². The lowest BCUT2D eigenvalue weighted by molar-refractivity contribution is -0.137. The number of halogens is 3. The van der Waals surface area contributed by atoms with Gasteiger partial charge in [-0.15, -0.1) is 0 Å². The number of benzene rings is 2. The molecule has 0 saturated heterocycles. The van der Waals surface area contributed by atoms with Gasteiger partial charge in [-0.25, -0.2) is 4.98 Å². The molecule has 0 saturated carbocycles. The molecule has 4 N–H and O–H groups in total. The smallest absolute Gasteiger partial charge is 0.344 e. The standard InChI is InChI=1S/C21H19F3N4O2/c1-12(28-20(30)18-9-19(29)27-11-26-18)13-2-4-14(5-3-13)17-8-16(21(22,23)24)7-6-15(17)10-25/h2-9,11-12H,10,25H2,1H3,(H,28,30)(H,26,27,29)/t12-/m1/s1. The van der Waals surface area contributed by atoms with Crippen molar-refractivity contribution in [3.05, 3.63) is 87.6 Å². The fourth-order valence-corrected chi connectivity index (χ4v) is 3.00. The summed E-state index contributed by atoms with van der Waals surface area (Å²) < 4.78 is 39.2. The first-order valence-corrected chi connectivity index (χ1v) is 9.05. The predicted octanol–water partition coefficient (Wildman–Crippen LogP) is 3.41. The number of carbonyl (C=O) groups is 1. The number of nitrogens with one attached hydrogen (secondary N) is 2. The van der Waals surface area contributed by atoms with Crippen molar-refractivity contribution in [2.75, 3.05) is 0 Å². The lowest BCUT2D eigenvalue weighted by atomic mass is 9.95. The lowest BCUT2D eigenvalue weighted by Gasteiger charge is -2.16. The monoisotopic (exact) mass is 416 g/mol. The van der Waals surface area contributed by atoms with Gasteiger partial charge in [-0.1, -0.05) is 30.3 Å². The van der Waals surface area contributed by atoms with Crippen molar-refractivity contribution in [2.24, 2.45) is 5.73 Å². The molecule has 1 aromatic heterocycles. The number of amides is 1. The van der Waals surface area contributed by atoms with Crippen molar-refractivity contribution < 1.29 is 18.0 Å². The molecule has 2 aromatic carbocycles. The summed E-state index contributed by atoms with van der Waals surface area (Å²) in [6.45, 7) is 1.85. The first kappa shape index (κ1) is 21.3. The van der Waals surface area contributed by atoms with Crippen molar-refractivity contribution in [3.8, 4) is 11.1 Å². The molecule has 1 atom stereocenters. The van der Waals surface area contributed by atoms with Gasteiger partial charge in [0.25, 0.3) is 11.5 Å². The summed E-state index contributed by atoms with van der Waals surface area (Å²) in [5.74, 6) is -0.513. The highest BCUT2D eigenvalue weighted by molar-refractivity contribution is 5.92. The van der Waals surface area contributed by atoms with Crippen LogP contribution in [0.25, 0.3) is 11.1 Å². The summed E-state index contributed by atoms with van der Waals surface area (Å²) in [4.78, 5) is 29.7. The molecular weight excluding hydrogens is 397 g/mol. The first-order chi connectivity index (χ1) is 14.2. The number of rotatable bonds is 5. The highest BCUT2D eigenvalue weighted by Gasteiger charge is 2.31.